The second-order valence-corrected chi connectivity index (χ2v) is 5.57. The summed E-state index contributed by atoms with van der Waals surface area (Å²) in [5, 5.41) is 1.58. The minimum atomic E-state index is -0.446. The molecule has 0 aromatic rings. The van der Waals surface area contributed by atoms with E-state index in [9.17, 15) is 0 Å². The largest absolute Gasteiger partial charge is 0.139 e. The molecule has 1 aliphatic rings. The maximum atomic E-state index is 5.93. The maximum Gasteiger partial charge on any atom is 0.123 e. The molecule has 0 N–H and O–H groups in total. The quantitative estimate of drug-likeness (QED) is 0.348. The van der Waals surface area contributed by atoms with Crippen molar-refractivity contribution in [3.8, 4) is 0 Å². The zero-order chi connectivity index (χ0) is 5.28. The van der Waals surface area contributed by atoms with Gasteiger partial charge in [0, 0.05) is 0 Å². The third-order valence-electron chi connectivity index (χ3n) is 1.41. The molecule has 2 heteroatoms. The SMILES string of the molecule is CC1=[Si](Cl)CCC1. The first-order valence-electron chi connectivity index (χ1n) is 2.65. The van der Waals surface area contributed by atoms with E-state index < -0.39 is 7.72 Å². The summed E-state index contributed by atoms with van der Waals surface area (Å²) in [7, 11) is -0.446. The predicted molar refractivity (Wildman–Crippen MR) is 36.3 cm³/mol. The Kier molecular flexibility index (Phi) is 1.65. The fraction of sp³-hybridized carbons (Fsp3) is 0.800. The van der Waals surface area contributed by atoms with Crippen molar-refractivity contribution in [3.05, 3.63) is 0 Å². The standard InChI is InChI=1S/C5H9ClSi/c1-5-3-2-4-7(5)6/h2-4H2,1H3. The van der Waals surface area contributed by atoms with E-state index in [0.717, 1.165) is 0 Å². The number of rotatable bonds is 0. The van der Waals surface area contributed by atoms with Crippen LogP contribution in [0.4, 0.5) is 0 Å². The zero-order valence-corrected chi connectivity index (χ0v) is 6.26. The minimum Gasteiger partial charge on any atom is -0.139 e. The third kappa shape index (κ3) is 1.13. The molecule has 0 aromatic heterocycles. The fourth-order valence-electron chi connectivity index (χ4n) is 0.858. The second kappa shape index (κ2) is 2.10. The van der Waals surface area contributed by atoms with Crippen LogP contribution in [0.3, 0.4) is 0 Å². The van der Waals surface area contributed by atoms with Crippen molar-refractivity contribution in [2.45, 2.75) is 25.8 Å². The normalized spacial score (nSPS) is 21.4. The average molecular weight is 133 g/mol. The van der Waals surface area contributed by atoms with Crippen LogP contribution in [0.25, 0.3) is 0 Å². The molecule has 7 heavy (non-hydrogen) atoms. The Labute approximate surface area is 50.4 Å². The molecule has 1 rings (SSSR count). The Balaban J connectivity index is 2.64. The van der Waals surface area contributed by atoms with E-state index in [1.807, 2.05) is 0 Å². The van der Waals surface area contributed by atoms with Gasteiger partial charge >= 0.3 is 0 Å². The van der Waals surface area contributed by atoms with Gasteiger partial charge in [0.1, 0.15) is 7.72 Å². The molecule has 0 saturated heterocycles. The van der Waals surface area contributed by atoms with E-state index in [0.29, 0.717) is 0 Å². The summed E-state index contributed by atoms with van der Waals surface area (Å²) in [5.74, 6) is 0. The summed E-state index contributed by atoms with van der Waals surface area (Å²) in [6.07, 6.45) is 2.65. The summed E-state index contributed by atoms with van der Waals surface area (Å²) < 4.78 is 0. The molecule has 0 spiro atoms. The van der Waals surface area contributed by atoms with E-state index in [1.165, 1.54) is 18.9 Å². The van der Waals surface area contributed by atoms with Crippen molar-refractivity contribution in [3.63, 3.8) is 0 Å². The van der Waals surface area contributed by atoms with Gasteiger partial charge in [-0.05, 0) is 25.8 Å². The lowest BCUT2D eigenvalue weighted by Crippen LogP contribution is -1.94. The van der Waals surface area contributed by atoms with Crippen LogP contribution in [0.5, 0.6) is 0 Å². The van der Waals surface area contributed by atoms with Gasteiger partial charge in [0.15, 0.2) is 0 Å². The van der Waals surface area contributed by atoms with E-state index in [4.69, 9.17) is 11.1 Å². The highest BCUT2D eigenvalue weighted by atomic mass is 35.6. The minimum absolute atomic E-state index is 0.446. The molecule has 0 aromatic carbocycles. The molecular weight excluding hydrogens is 124 g/mol. The summed E-state index contributed by atoms with van der Waals surface area (Å²) in [6.45, 7) is 2.19. The molecule has 40 valence electrons. The molecule has 0 unspecified atom stereocenters. The van der Waals surface area contributed by atoms with Crippen molar-refractivity contribution in [2.24, 2.45) is 0 Å². The lowest BCUT2D eigenvalue weighted by atomic mass is 10.3. The third-order valence-corrected chi connectivity index (χ3v) is 4.91. The summed E-state index contributed by atoms with van der Waals surface area (Å²) in [6, 6.07) is 1.30. The second-order valence-electron chi connectivity index (χ2n) is 2.04. The Morgan fingerprint density at radius 1 is 1.71 bits per heavy atom. The Morgan fingerprint density at radius 3 is 2.57 bits per heavy atom. The number of hydrogen-bond donors (Lipinski definition) is 0. The van der Waals surface area contributed by atoms with Gasteiger partial charge in [-0.3, -0.25) is 0 Å². The van der Waals surface area contributed by atoms with Crippen LogP contribution in [0.15, 0.2) is 0 Å². The molecule has 0 radical (unpaired) electrons. The molecule has 0 fully saturated rings. The summed E-state index contributed by atoms with van der Waals surface area (Å²) in [4.78, 5) is 0. The Hall–Kier alpha value is 0.377. The van der Waals surface area contributed by atoms with Crippen molar-refractivity contribution in [1.82, 2.24) is 0 Å². The Morgan fingerprint density at radius 2 is 2.43 bits per heavy atom. The zero-order valence-electron chi connectivity index (χ0n) is 4.50. The van der Waals surface area contributed by atoms with E-state index >= 15 is 0 Å². The van der Waals surface area contributed by atoms with Crippen LogP contribution in [0.1, 0.15) is 19.8 Å². The van der Waals surface area contributed by atoms with E-state index in [2.05, 4.69) is 6.92 Å². The van der Waals surface area contributed by atoms with E-state index in [-0.39, 0.29) is 0 Å². The first kappa shape index (κ1) is 5.51. The van der Waals surface area contributed by atoms with Gasteiger partial charge in [-0.25, -0.2) is 0 Å². The highest BCUT2D eigenvalue weighted by Crippen LogP contribution is 2.10. The molecule has 0 amide bonds. The van der Waals surface area contributed by atoms with Crippen LogP contribution in [-0.2, 0) is 0 Å². The molecule has 1 aliphatic heterocycles. The van der Waals surface area contributed by atoms with Crippen molar-refractivity contribution in [1.29, 1.82) is 0 Å². The molecule has 0 nitrogen and oxygen atoms in total. The fourth-order valence-corrected chi connectivity index (χ4v) is 2.90. The van der Waals surface area contributed by atoms with Gasteiger partial charge in [0.2, 0.25) is 0 Å². The van der Waals surface area contributed by atoms with Crippen molar-refractivity contribution < 1.29 is 0 Å². The van der Waals surface area contributed by atoms with Gasteiger partial charge in [-0.15, -0.1) is 11.1 Å². The molecule has 0 aliphatic carbocycles. The smallest absolute Gasteiger partial charge is 0.123 e. The van der Waals surface area contributed by atoms with Gasteiger partial charge < -0.3 is 0 Å². The monoisotopic (exact) mass is 132 g/mol. The highest BCUT2D eigenvalue weighted by Gasteiger charge is 2.07. The van der Waals surface area contributed by atoms with Crippen LogP contribution in [0.2, 0.25) is 6.04 Å². The van der Waals surface area contributed by atoms with Crippen molar-refractivity contribution >= 4 is 24.0 Å². The van der Waals surface area contributed by atoms with Gasteiger partial charge in [-0.2, -0.15) is 0 Å². The van der Waals surface area contributed by atoms with Gasteiger partial charge in [-0.1, -0.05) is 5.17 Å². The summed E-state index contributed by atoms with van der Waals surface area (Å²) >= 11 is 5.93. The van der Waals surface area contributed by atoms with Crippen LogP contribution in [0, 0.1) is 0 Å². The Bertz CT molecular complexity index is 94.6. The van der Waals surface area contributed by atoms with Crippen LogP contribution >= 0.6 is 11.1 Å². The molecular formula is C5H9ClSi. The number of hydrogen-bond acceptors (Lipinski definition) is 0. The molecule has 0 saturated carbocycles. The van der Waals surface area contributed by atoms with Gasteiger partial charge in [0.05, 0.1) is 0 Å². The lowest BCUT2D eigenvalue weighted by molar-refractivity contribution is 1.02. The van der Waals surface area contributed by atoms with E-state index in [1.54, 1.807) is 5.17 Å². The highest BCUT2D eigenvalue weighted by molar-refractivity contribution is 7.11. The molecule has 1 heterocycles. The maximum absolute atomic E-state index is 5.93. The lowest BCUT2D eigenvalue weighted by Gasteiger charge is -1.83. The first-order valence-corrected chi connectivity index (χ1v) is 5.37. The average Bonchev–Trinajstić information content (AvgIpc) is 1.91. The van der Waals surface area contributed by atoms with Crippen LogP contribution < -0.4 is 0 Å². The first-order chi connectivity index (χ1) is 3.30. The predicted octanol–water partition coefficient (Wildman–Crippen LogP) is 1.78. The summed E-state index contributed by atoms with van der Waals surface area (Å²) in [5.41, 5.74) is 0. The number of halogens is 1. The van der Waals surface area contributed by atoms with Crippen LogP contribution in [-0.4, -0.2) is 12.9 Å². The molecule has 0 bridgehead atoms. The molecule has 0 atom stereocenters. The van der Waals surface area contributed by atoms with Crippen molar-refractivity contribution in [2.75, 3.05) is 0 Å². The topological polar surface area (TPSA) is 0 Å². The van der Waals surface area contributed by atoms with Gasteiger partial charge in [0.25, 0.3) is 0 Å².